The zero-order chi connectivity index (χ0) is 56.0. The van der Waals surface area contributed by atoms with Crippen molar-refractivity contribution in [2.45, 2.75) is 125 Å². The van der Waals surface area contributed by atoms with Gasteiger partial charge in [-0.15, -0.1) is 0 Å². The summed E-state index contributed by atoms with van der Waals surface area (Å²) in [5, 5.41) is 2.14. The Balaban J connectivity index is 0.897. The molecule has 8 aromatic rings. The van der Waals surface area contributed by atoms with Crippen LogP contribution in [0, 0.1) is 33.5 Å². The van der Waals surface area contributed by atoms with Gasteiger partial charge in [-0.05, 0) is 181 Å². The van der Waals surface area contributed by atoms with Gasteiger partial charge in [-0.2, -0.15) is 0 Å². The van der Waals surface area contributed by atoms with Gasteiger partial charge in [0.2, 0.25) is 0 Å². The summed E-state index contributed by atoms with van der Waals surface area (Å²) in [5.41, 5.74) is 18.5. The van der Waals surface area contributed by atoms with Crippen LogP contribution in [0.25, 0.3) is 22.3 Å². The van der Waals surface area contributed by atoms with Gasteiger partial charge in [-0.3, -0.25) is 0 Å². The molecule has 4 atom stereocenters. The Morgan fingerprint density at radius 1 is 0.456 bits per heavy atom. The fraction of sp³-hybridized carbons (Fsp3) is 0.342. The minimum Gasteiger partial charge on any atom is -0.309 e. The largest absolute Gasteiger partial charge is 0.309 e. The van der Waals surface area contributed by atoms with E-state index < -0.39 is 0 Å². The zero-order valence-corrected chi connectivity index (χ0v) is 51.1. The molecule has 4 aliphatic carbocycles. The number of fused-ring (bicyclic) bond motifs is 10. The lowest BCUT2D eigenvalue weighted by atomic mass is 9.55. The van der Waals surface area contributed by atoms with Crippen LogP contribution in [-0.4, -0.2) is 0 Å². The van der Waals surface area contributed by atoms with Gasteiger partial charge in [-0.25, -0.2) is 0 Å². The Bertz CT molecular complexity index is 3720. The molecule has 79 heavy (non-hydrogen) atoms. The second-order valence-corrected chi connectivity index (χ2v) is 28.1. The molecule has 12 rings (SSSR count). The number of benzene rings is 8. The highest BCUT2D eigenvalue weighted by Crippen LogP contribution is 2.74. The first-order valence-corrected chi connectivity index (χ1v) is 30.1. The molecular formula is C73H74Cl4N2. The lowest BCUT2D eigenvalue weighted by Gasteiger charge is -2.48. The minimum atomic E-state index is -0.324. The van der Waals surface area contributed by atoms with Crippen molar-refractivity contribution in [2.24, 2.45) is 33.5 Å². The van der Waals surface area contributed by atoms with E-state index in [4.69, 9.17) is 46.4 Å². The van der Waals surface area contributed by atoms with Gasteiger partial charge in [0.05, 0.1) is 31.5 Å². The molecule has 404 valence electrons. The highest BCUT2D eigenvalue weighted by atomic mass is 35.5. The van der Waals surface area contributed by atoms with Crippen LogP contribution in [0.1, 0.15) is 136 Å². The fourth-order valence-electron chi connectivity index (χ4n) is 16.1. The third-order valence-electron chi connectivity index (χ3n) is 22.2. The van der Waals surface area contributed by atoms with Crippen LogP contribution in [0.2, 0.25) is 20.1 Å². The minimum absolute atomic E-state index is 0.0293. The van der Waals surface area contributed by atoms with Crippen molar-refractivity contribution in [1.82, 2.24) is 0 Å². The van der Waals surface area contributed by atoms with Crippen molar-refractivity contribution in [3.8, 4) is 22.3 Å². The average Bonchev–Trinajstić information content (AvgIpc) is 1.94. The van der Waals surface area contributed by atoms with Gasteiger partial charge in [0.1, 0.15) is 0 Å². The third-order valence-corrected chi connectivity index (χ3v) is 23.9. The molecule has 0 aliphatic heterocycles. The van der Waals surface area contributed by atoms with Gasteiger partial charge < -0.3 is 9.80 Å². The summed E-state index contributed by atoms with van der Waals surface area (Å²) in [4.78, 5) is 4.58. The second-order valence-electron chi connectivity index (χ2n) is 26.5. The number of nitrogens with zero attached hydrogens (tertiary/aromatic N) is 2. The summed E-state index contributed by atoms with van der Waals surface area (Å²) in [7, 11) is 0. The summed E-state index contributed by atoms with van der Waals surface area (Å²) in [6.45, 7) is 29.4. The molecule has 2 spiro atoms. The number of anilines is 6. The summed E-state index contributed by atoms with van der Waals surface area (Å²) in [6.07, 6.45) is 4.00. The number of para-hydroxylation sites is 1. The number of halogens is 4. The molecule has 8 aromatic carbocycles. The van der Waals surface area contributed by atoms with Gasteiger partial charge in [-0.1, -0.05) is 239 Å². The quantitative estimate of drug-likeness (QED) is 0.135. The first-order chi connectivity index (χ1) is 37.5. The number of hydrogen-bond acceptors (Lipinski definition) is 2. The highest BCUT2D eigenvalue weighted by Gasteiger charge is 2.67. The zero-order valence-electron chi connectivity index (χ0n) is 48.1. The molecule has 0 amide bonds. The van der Waals surface area contributed by atoms with E-state index in [-0.39, 0.29) is 37.9 Å². The SMILES string of the molecule is CCC1CC2(c3ccccc3-c3ccc(N(c4ccc(C(C)(C)Cc5ccc(N(c6ccccc6)c6ccc7c(c6)C6(CC(C)C(C)(C)C6(C)C)c6ccccc6-7)c(Cl)c5Cl)cc4)c4cccc(Cl)c4Cl)cc32)C(C)(C)C1(C)C. The van der Waals surface area contributed by atoms with Crippen LogP contribution in [-0.2, 0) is 22.7 Å². The molecule has 0 aromatic heterocycles. The molecule has 4 aliphatic rings. The Morgan fingerprint density at radius 3 is 1.47 bits per heavy atom. The van der Waals surface area contributed by atoms with E-state index in [2.05, 4.69) is 251 Å². The van der Waals surface area contributed by atoms with Crippen molar-refractivity contribution in [3.05, 3.63) is 223 Å². The monoisotopic (exact) mass is 1120 g/mol. The first-order valence-electron chi connectivity index (χ1n) is 28.6. The van der Waals surface area contributed by atoms with E-state index in [1.807, 2.05) is 12.1 Å². The smallest absolute Gasteiger partial charge is 0.0835 e. The summed E-state index contributed by atoms with van der Waals surface area (Å²) < 4.78 is 0. The molecule has 0 N–H and O–H groups in total. The number of rotatable bonds is 10. The third kappa shape index (κ3) is 7.55. The van der Waals surface area contributed by atoms with Crippen molar-refractivity contribution >= 4 is 80.5 Å². The molecule has 4 unspecified atom stereocenters. The highest BCUT2D eigenvalue weighted by molar-refractivity contribution is 6.45. The predicted octanol–water partition coefficient (Wildman–Crippen LogP) is 22.9. The molecule has 0 radical (unpaired) electrons. The van der Waals surface area contributed by atoms with E-state index in [9.17, 15) is 0 Å². The van der Waals surface area contributed by atoms with E-state index in [1.54, 1.807) is 0 Å². The molecule has 0 bridgehead atoms. The average molecular weight is 1120 g/mol. The number of hydrogen-bond donors (Lipinski definition) is 0. The predicted molar refractivity (Wildman–Crippen MR) is 339 cm³/mol. The van der Waals surface area contributed by atoms with Crippen molar-refractivity contribution < 1.29 is 0 Å². The molecule has 0 heterocycles. The summed E-state index contributed by atoms with van der Waals surface area (Å²) in [6, 6.07) is 62.2. The molecule has 0 saturated heterocycles. The van der Waals surface area contributed by atoms with Crippen LogP contribution < -0.4 is 9.80 Å². The fourth-order valence-corrected chi connectivity index (χ4v) is 17.0. The van der Waals surface area contributed by atoms with E-state index in [0.717, 1.165) is 59.0 Å². The second kappa shape index (κ2) is 18.8. The lowest BCUT2D eigenvalue weighted by Crippen LogP contribution is -2.44. The maximum absolute atomic E-state index is 7.62. The summed E-state index contributed by atoms with van der Waals surface area (Å²) in [5.74, 6) is 1.09. The van der Waals surface area contributed by atoms with Crippen molar-refractivity contribution in [1.29, 1.82) is 0 Å². The van der Waals surface area contributed by atoms with Gasteiger partial charge in [0.15, 0.2) is 0 Å². The van der Waals surface area contributed by atoms with Crippen LogP contribution >= 0.6 is 46.4 Å². The molecular weight excluding hydrogens is 1050 g/mol. The topological polar surface area (TPSA) is 6.48 Å². The maximum Gasteiger partial charge on any atom is 0.0835 e. The Labute approximate surface area is 491 Å². The van der Waals surface area contributed by atoms with Crippen LogP contribution in [0.4, 0.5) is 34.1 Å². The molecule has 2 nitrogen and oxygen atoms in total. The van der Waals surface area contributed by atoms with Crippen molar-refractivity contribution in [2.75, 3.05) is 9.80 Å². The van der Waals surface area contributed by atoms with Crippen LogP contribution in [0.5, 0.6) is 0 Å². The Morgan fingerprint density at radius 2 is 0.937 bits per heavy atom. The van der Waals surface area contributed by atoms with E-state index in [0.29, 0.717) is 38.3 Å². The van der Waals surface area contributed by atoms with Gasteiger partial charge in [0.25, 0.3) is 0 Å². The first kappa shape index (κ1) is 54.1. The van der Waals surface area contributed by atoms with Crippen molar-refractivity contribution in [3.63, 3.8) is 0 Å². The van der Waals surface area contributed by atoms with E-state index >= 15 is 0 Å². The molecule has 2 fully saturated rings. The summed E-state index contributed by atoms with van der Waals surface area (Å²) >= 11 is 29.3. The Kier molecular flexibility index (Phi) is 12.9. The van der Waals surface area contributed by atoms with E-state index in [1.165, 1.54) is 50.1 Å². The van der Waals surface area contributed by atoms with Gasteiger partial charge in [0, 0.05) is 33.6 Å². The lowest BCUT2D eigenvalue weighted by molar-refractivity contribution is 0.0737. The standard InChI is InChI=1S/C73H74Cl4N2/c1-13-47-44-73(71(11,12)69(47,7)8)58-27-20-18-25-54(58)56-38-36-52(41-60(56)73)79(62-29-21-28-61(74)65(62)76)50-33-31-48(32-34-50)67(3,4)43-46-30-39-63(66(77)64(46)75)78(49-22-15-14-16-23-49)51-35-37-55-53-24-17-19-26-57(53)72(59(55)40-51)42-45(2)68(5,6)70(72,9)10/h14-41,45,47H,13,42-44H2,1-12H3. The normalized spacial score (nSPS) is 22.4. The molecule has 6 heteroatoms. The van der Waals surface area contributed by atoms with Crippen LogP contribution in [0.15, 0.2) is 170 Å². The van der Waals surface area contributed by atoms with Gasteiger partial charge >= 0.3 is 0 Å². The van der Waals surface area contributed by atoms with Crippen LogP contribution in [0.3, 0.4) is 0 Å². The molecule has 2 saturated carbocycles. The Hall–Kier alpha value is -5.48. The maximum atomic E-state index is 7.62.